The van der Waals surface area contributed by atoms with Crippen LogP contribution in [0, 0.1) is 12.7 Å². The third-order valence-electron chi connectivity index (χ3n) is 7.66. The number of sulfone groups is 1. The molecule has 1 fully saturated rings. The maximum absolute atomic E-state index is 13.9. The van der Waals surface area contributed by atoms with Gasteiger partial charge in [0.05, 0.1) is 36.6 Å². The summed E-state index contributed by atoms with van der Waals surface area (Å²) in [6.45, 7) is 2.17. The number of carbonyl (C=O) groups is 1. The smallest absolute Gasteiger partial charge is 0.242 e. The van der Waals surface area contributed by atoms with Gasteiger partial charge in [-0.3, -0.25) is 14.5 Å². The number of nitrogens with one attached hydrogen (secondary N) is 3. The van der Waals surface area contributed by atoms with Crippen LogP contribution < -0.4 is 19.5 Å². The number of aryl methyl sites for hydroxylation is 1. The van der Waals surface area contributed by atoms with Gasteiger partial charge in [-0.2, -0.15) is 0 Å². The summed E-state index contributed by atoms with van der Waals surface area (Å²) < 4.78 is 100. The Hall–Kier alpha value is -3.86. The fourth-order valence-corrected chi connectivity index (χ4v) is 9.00. The second-order valence-corrected chi connectivity index (χ2v) is 16.8. The van der Waals surface area contributed by atoms with Gasteiger partial charge in [-0.05, 0) is 60.4 Å². The quantitative estimate of drug-likeness (QED) is 0.257. The van der Waals surface area contributed by atoms with Crippen LogP contribution >= 0.6 is 0 Å². The molecule has 5 rings (SSSR count). The van der Waals surface area contributed by atoms with Gasteiger partial charge in [-0.1, -0.05) is 36.4 Å². The summed E-state index contributed by atoms with van der Waals surface area (Å²) in [5, 5.41) is 2.22. The molecule has 246 valence electrons. The molecule has 2 aliphatic rings. The van der Waals surface area contributed by atoms with Crippen molar-refractivity contribution < 1.29 is 39.2 Å². The molecule has 1 saturated heterocycles. The molecule has 0 radical (unpaired) electrons. The average molecular weight is 693 g/mol. The van der Waals surface area contributed by atoms with E-state index in [0.29, 0.717) is 35.5 Å². The van der Waals surface area contributed by atoms with Crippen molar-refractivity contribution in [2.24, 2.45) is 4.99 Å². The van der Waals surface area contributed by atoms with E-state index in [2.05, 4.69) is 15.0 Å². The van der Waals surface area contributed by atoms with Crippen LogP contribution in [0.15, 0.2) is 81.5 Å². The minimum Gasteiger partial charge on any atom is -0.492 e. The number of nitrogens with zero attached hydrogens (tertiary/aromatic N) is 1. The molecule has 16 heteroatoms. The number of ether oxygens (including phenoxy) is 1. The Morgan fingerprint density at radius 1 is 1.07 bits per heavy atom. The Morgan fingerprint density at radius 2 is 1.83 bits per heavy atom. The molecular formula is C30H33FN4O8S3. The van der Waals surface area contributed by atoms with Gasteiger partial charge in [-0.15, -0.1) is 0 Å². The minimum absolute atomic E-state index is 0.0767. The van der Waals surface area contributed by atoms with Gasteiger partial charge in [-0.25, -0.2) is 34.4 Å². The number of amides is 1. The first kappa shape index (κ1) is 33.5. The molecule has 12 nitrogen and oxygen atoms in total. The fraction of sp³-hybridized carbons (Fsp3) is 0.333. The van der Waals surface area contributed by atoms with Gasteiger partial charge in [0, 0.05) is 12.7 Å². The van der Waals surface area contributed by atoms with Crippen LogP contribution in [-0.4, -0.2) is 68.5 Å². The molecule has 3 aromatic rings. The zero-order valence-corrected chi connectivity index (χ0v) is 27.4. The summed E-state index contributed by atoms with van der Waals surface area (Å²) in [6.07, 6.45) is 1.44. The van der Waals surface area contributed by atoms with Crippen molar-refractivity contribution in [3.05, 3.63) is 89.2 Å². The number of aliphatic imine (C=N–C) groups is 1. The van der Waals surface area contributed by atoms with Gasteiger partial charge in [0.2, 0.25) is 26.0 Å². The molecule has 3 aromatic carbocycles. The summed E-state index contributed by atoms with van der Waals surface area (Å²) in [5.41, 5.74) is 1.74. The van der Waals surface area contributed by atoms with Crippen molar-refractivity contribution in [1.82, 2.24) is 14.8 Å². The van der Waals surface area contributed by atoms with Crippen molar-refractivity contribution >= 4 is 41.6 Å². The number of sulfonamides is 2. The van der Waals surface area contributed by atoms with Crippen LogP contribution in [0.3, 0.4) is 0 Å². The molecule has 3 N–H and O–H groups in total. The molecule has 0 aromatic heterocycles. The first-order chi connectivity index (χ1) is 21.6. The van der Waals surface area contributed by atoms with Crippen molar-refractivity contribution in [2.75, 3.05) is 19.4 Å². The van der Waals surface area contributed by atoms with E-state index >= 15 is 0 Å². The molecule has 2 unspecified atom stereocenters. The lowest BCUT2D eigenvalue weighted by Crippen LogP contribution is -2.48. The molecule has 1 amide bonds. The lowest BCUT2D eigenvalue weighted by Gasteiger charge is -2.22. The molecule has 0 bridgehead atoms. The Labute approximate surface area is 267 Å². The maximum atomic E-state index is 13.9. The second kappa shape index (κ2) is 13.1. The molecule has 0 saturated carbocycles. The van der Waals surface area contributed by atoms with Gasteiger partial charge >= 0.3 is 0 Å². The van der Waals surface area contributed by atoms with E-state index in [1.165, 1.54) is 18.2 Å². The number of para-hydroxylation sites is 1. The van der Waals surface area contributed by atoms with Crippen molar-refractivity contribution in [2.45, 2.75) is 53.3 Å². The van der Waals surface area contributed by atoms with Crippen LogP contribution in [0.1, 0.15) is 34.8 Å². The minimum atomic E-state index is -4.20. The van der Waals surface area contributed by atoms with Crippen molar-refractivity contribution in [3.63, 3.8) is 0 Å². The first-order valence-corrected chi connectivity index (χ1v) is 19.2. The number of carbonyl (C=O) groups excluding carboxylic acids is 1. The fourth-order valence-electron chi connectivity index (χ4n) is 5.44. The Kier molecular flexibility index (Phi) is 9.54. The number of hydrogen-bond acceptors (Lipinski definition) is 10. The molecule has 2 aliphatic heterocycles. The number of hydrogen-bond donors (Lipinski definition) is 3. The number of benzene rings is 3. The van der Waals surface area contributed by atoms with Crippen LogP contribution in [0.4, 0.5) is 4.39 Å². The molecule has 3 atom stereocenters. The summed E-state index contributed by atoms with van der Waals surface area (Å²) in [6, 6.07) is 14.8. The van der Waals surface area contributed by atoms with E-state index in [1.807, 2.05) is 4.72 Å². The van der Waals surface area contributed by atoms with E-state index < -0.39 is 52.9 Å². The summed E-state index contributed by atoms with van der Waals surface area (Å²) in [5.74, 6) is -0.717. The highest BCUT2D eigenvalue weighted by Crippen LogP contribution is 2.33. The third-order valence-corrected chi connectivity index (χ3v) is 12.0. The molecule has 0 spiro atoms. The maximum Gasteiger partial charge on any atom is 0.242 e. The van der Waals surface area contributed by atoms with E-state index in [0.717, 1.165) is 18.4 Å². The second-order valence-electron chi connectivity index (χ2n) is 11.2. The van der Waals surface area contributed by atoms with E-state index in [1.54, 1.807) is 43.3 Å². The standard InChI is InChI=1S/C30H33FN4O8S3/c1-19-14-20(10-11-24(19)28-17-29(36)35-46(28,41)42)15-25(34-45(39,40)23-7-5-6-21(31)16-23)30-32-18-22(33-30)12-13-43-26-8-3-4-9-27(26)44(2,37)38/h3-11,14,16,22,25,28,34H,12-13,15,17-18H2,1-2H3,(H,32,33)(H,35,36)/t22-,25?,28?/m1/s1. The van der Waals surface area contributed by atoms with Gasteiger partial charge in [0.15, 0.2) is 9.84 Å². The van der Waals surface area contributed by atoms with Gasteiger partial charge in [0.25, 0.3) is 0 Å². The van der Waals surface area contributed by atoms with E-state index in [9.17, 15) is 34.4 Å². The third kappa shape index (κ3) is 7.74. The van der Waals surface area contributed by atoms with Crippen LogP contribution in [0.5, 0.6) is 5.75 Å². The summed E-state index contributed by atoms with van der Waals surface area (Å²) >= 11 is 0. The number of rotatable bonds is 12. The topological polar surface area (TPSA) is 177 Å². The first-order valence-electron chi connectivity index (χ1n) is 14.3. The highest BCUT2D eigenvalue weighted by atomic mass is 32.2. The normalized spacial score (nSPS) is 20.1. The summed E-state index contributed by atoms with van der Waals surface area (Å²) in [7, 11) is -11.5. The highest BCUT2D eigenvalue weighted by molar-refractivity contribution is 7.91. The lowest BCUT2D eigenvalue weighted by atomic mass is 9.97. The molecular weight excluding hydrogens is 660 g/mol. The Bertz CT molecular complexity index is 2020. The molecule has 46 heavy (non-hydrogen) atoms. The van der Waals surface area contributed by atoms with Crippen molar-refractivity contribution in [3.8, 4) is 5.75 Å². The lowest BCUT2D eigenvalue weighted by molar-refractivity contribution is -0.118. The number of halogens is 1. The molecule has 2 heterocycles. The van der Waals surface area contributed by atoms with E-state index in [-0.39, 0.29) is 41.0 Å². The number of amidine groups is 1. The molecule has 0 aliphatic carbocycles. The predicted octanol–water partition coefficient (Wildman–Crippen LogP) is 2.16. The Morgan fingerprint density at radius 3 is 2.50 bits per heavy atom. The average Bonchev–Trinajstić information content (AvgIpc) is 3.55. The largest absolute Gasteiger partial charge is 0.492 e. The summed E-state index contributed by atoms with van der Waals surface area (Å²) in [4.78, 5) is 16.1. The van der Waals surface area contributed by atoms with Gasteiger partial charge < -0.3 is 10.1 Å². The van der Waals surface area contributed by atoms with Crippen molar-refractivity contribution in [1.29, 1.82) is 0 Å². The zero-order chi connectivity index (χ0) is 33.3. The zero-order valence-electron chi connectivity index (χ0n) is 24.9. The van der Waals surface area contributed by atoms with E-state index in [4.69, 9.17) is 4.74 Å². The highest BCUT2D eigenvalue weighted by Gasteiger charge is 2.38. The van der Waals surface area contributed by atoms with Crippen LogP contribution in [-0.2, 0) is 41.1 Å². The van der Waals surface area contributed by atoms with Crippen LogP contribution in [0.25, 0.3) is 0 Å². The monoisotopic (exact) mass is 692 g/mol. The SMILES string of the molecule is Cc1cc(CC(NS(=O)(=O)c2cccc(F)c2)C2=NC[C@@H](CCOc3ccccc3S(C)(=O)=O)N2)ccc1C1CC(=O)NS1(=O)=O. The predicted molar refractivity (Wildman–Crippen MR) is 169 cm³/mol. The van der Waals surface area contributed by atoms with Crippen LogP contribution in [0.2, 0.25) is 0 Å². The van der Waals surface area contributed by atoms with Gasteiger partial charge in [0.1, 0.15) is 27.5 Å². The Balaban J connectivity index is 1.33.